The van der Waals surface area contributed by atoms with Gasteiger partial charge in [-0.25, -0.2) is 0 Å². The molecule has 0 radical (unpaired) electrons. The fourth-order valence-electron chi connectivity index (χ4n) is 3.56. The molecule has 24 heavy (non-hydrogen) atoms. The Morgan fingerprint density at radius 1 is 0.958 bits per heavy atom. The van der Waals surface area contributed by atoms with Gasteiger partial charge in [0.05, 0.1) is 13.3 Å². The van der Waals surface area contributed by atoms with Crippen LogP contribution in [0.2, 0.25) is 0 Å². The van der Waals surface area contributed by atoms with Gasteiger partial charge in [-0.3, -0.25) is 5.43 Å². The van der Waals surface area contributed by atoms with Crippen LogP contribution in [-0.4, -0.2) is 13.3 Å². The first-order valence-electron chi connectivity index (χ1n) is 7.87. The summed E-state index contributed by atoms with van der Waals surface area (Å²) in [5.41, 5.74) is 4.08. The number of hydrazone groups is 1. The largest absolute Gasteiger partial charge is 0.494 e. The number of hydrogen-bond donors (Lipinski definition) is 1. The van der Waals surface area contributed by atoms with Gasteiger partial charge in [-0.2, -0.15) is 10.2 Å². The molecule has 0 amide bonds. The number of nitrogens with one attached hydrogen (secondary N) is 1. The van der Waals surface area contributed by atoms with Crippen LogP contribution < -0.4 is 15.3 Å². The molecule has 0 aromatic heterocycles. The third-order valence-corrected chi connectivity index (χ3v) is 4.58. The molecule has 0 saturated carbocycles. The van der Waals surface area contributed by atoms with Gasteiger partial charge in [0, 0.05) is 11.6 Å². The summed E-state index contributed by atoms with van der Waals surface area (Å²) in [4.78, 5) is 0. The van der Waals surface area contributed by atoms with Crippen molar-refractivity contribution in [3.8, 4) is 5.75 Å². The van der Waals surface area contributed by atoms with E-state index < -0.39 is 0 Å². The number of anilines is 1. The van der Waals surface area contributed by atoms with Gasteiger partial charge in [0.1, 0.15) is 11.4 Å². The van der Waals surface area contributed by atoms with E-state index in [1.807, 2.05) is 12.3 Å². The predicted molar refractivity (Wildman–Crippen MR) is 99.9 cm³/mol. The molecule has 4 aromatic carbocycles. The van der Waals surface area contributed by atoms with E-state index in [1.165, 1.54) is 26.9 Å². The van der Waals surface area contributed by atoms with Crippen molar-refractivity contribution in [3.63, 3.8) is 0 Å². The third-order valence-electron chi connectivity index (χ3n) is 4.58. The highest BCUT2D eigenvalue weighted by molar-refractivity contribution is 6.26. The summed E-state index contributed by atoms with van der Waals surface area (Å²) < 4.78 is 5.67. The third kappa shape index (κ3) is 1.71. The van der Waals surface area contributed by atoms with Crippen LogP contribution in [0.25, 0.3) is 32.3 Å². The topological polar surface area (TPSA) is 36.9 Å². The standard InChI is InChI=1S/C20H15N3O/c1-24-17-12-15-7-6-13-4-2-5-14-8-9-16(19(15)18(13)14)20(17)23-21-10-3-11-22-23/h2-12,21H,1H3. The zero-order valence-electron chi connectivity index (χ0n) is 13.2. The quantitative estimate of drug-likeness (QED) is 0.557. The summed E-state index contributed by atoms with van der Waals surface area (Å²) in [7, 11) is 1.69. The van der Waals surface area contributed by atoms with Gasteiger partial charge in [0.2, 0.25) is 0 Å². The zero-order chi connectivity index (χ0) is 16.1. The fourth-order valence-corrected chi connectivity index (χ4v) is 3.56. The van der Waals surface area contributed by atoms with Crippen molar-refractivity contribution in [3.05, 3.63) is 60.8 Å². The summed E-state index contributed by atoms with van der Waals surface area (Å²) in [6.07, 6.45) is 5.47. The fraction of sp³-hybridized carbons (Fsp3) is 0.0500. The van der Waals surface area contributed by atoms with Gasteiger partial charge in [0.15, 0.2) is 0 Å². The van der Waals surface area contributed by atoms with E-state index in [0.717, 1.165) is 16.8 Å². The second-order valence-electron chi connectivity index (χ2n) is 5.85. The Labute approximate surface area is 138 Å². The van der Waals surface area contributed by atoms with E-state index in [2.05, 4.69) is 59.1 Å². The molecule has 0 saturated heterocycles. The van der Waals surface area contributed by atoms with Gasteiger partial charge < -0.3 is 4.74 Å². The molecule has 0 unspecified atom stereocenters. The minimum absolute atomic E-state index is 0.792. The van der Waals surface area contributed by atoms with Crippen LogP contribution in [0.15, 0.2) is 65.9 Å². The number of nitrogens with zero attached hydrogens (tertiary/aromatic N) is 2. The van der Waals surface area contributed by atoms with Crippen LogP contribution in [0.4, 0.5) is 5.69 Å². The zero-order valence-corrected chi connectivity index (χ0v) is 13.2. The SMILES string of the molecule is COc1cc2ccc3cccc4ccc(c1N1N=CC=CN1)c2c34. The van der Waals surface area contributed by atoms with E-state index >= 15 is 0 Å². The number of hydrazine groups is 1. The first kappa shape index (κ1) is 13.2. The molecule has 116 valence electrons. The van der Waals surface area contributed by atoms with Gasteiger partial charge in [-0.05, 0) is 39.1 Å². The Bertz CT molecular complexity index is 1110. The minimum atomic E-state index is 0.792. The molecule has 1 aliphatic rings. The first-order chi connectivity index (χ1) is 11.9. The average Bonchev–Trinajstić information content (AvgIpc) is 2.66. The summed E-state index contributed by atoms with van der Waals surface area (Å²) in [6.45, 7) is 0. The second kappa shape index (κ2) is 4.86. The molecule has 4 nitrogen and oxygen atoms in total. The molecule has 0 aliphatic carbocycles. The van der Waals surface area contributed by atoms with Crippen molar-refractivity contribution in [1.82, 2.24) is 5.43 Å². The highest BCUT2D eigenvalue weighted by Crippen LogP contribution is 2.43. The van der Waals surface area contributed by atoms with Crippen molar-refractivity contribution in [2.24, 2.45) is 5.10 Å². The summed E-state index contributed by atoms with van der Waals surface area (Å²) in [6, 6.07) is 17.1. The second-order valence-corrected chi connectivity index (χ2v) is 5.85. The smallest absolute Gasteiger partial charge is 0.147 e. The Morgan fingerprint density at radius 3 is 2.50 bits per heavy atom. The van der Waals surface area contributed by atoms with Gasteiger partial charge in [-0.15, -0.1) is 0 Å². The van der Waals surface area contributed by atoms with Crippen molar-refractivity contribution < 1.29 is 4.74 Å². The molecule has 4 aromatic rings. The number of benzene rings is 4. The van der Waals surface area contributed by atoms with Crippen molar-refractivity contribution in [1.29, 1.82) is 0 Å². The van der Waals surface area contributed by atoms with Crippen molar-refractivity contribution in [2.75, 3.05) is 12.2 Å². The molecule has 0 spiro atoms. The monoisotopic (exact) mass is 313 g/mol. The van der Waals surface area contributed by atoms with Crippen LogP contribution in [0.1, 0.15) is 0 Å². The van der Waals surface area contributed by atoms with E-state index in [1.54, 1.807) is 18.4 Å². The lowest BCUT2D eigenvalue weighted by Gasteiger charge is -2.25. The molecular formula is C20H15N3O. The average molecular weight is 313 g/mol. The molecule has 1 heterocycles. The maximum absolute atomic E-state index is 5.67. The maximum Gasteiger partial charge on any atom is 0.147 e. The molecule has 0 bridgehead atoms. The molecule has 1 N–H and O–H groups in total. The van der Waals surface area contributed by atoms with E-state index in [0.29, 0.717) is 0 Å². The van der Waals surface area contributed by atoms with Crippen LogP contribution in [0, 0.1) is 0 Å². The van der Waals surface area contributed by atoms with Gasteiger partial charge >= 0.3 is 0 Å². The predicted octanol–water partition coefficient (Wildman–Crippen LogP) is 4.42. The Morgan fingerprint density at radius 2 is 1.75 bits per heavy atom. The van der Waals surface area contributed by atoms with Crippen molar-refractivity contribution in [2.45, 2.75) is 0 Å². The molecule has 0 atom stereocenters. The summed E-state index contributed by atoms with van der Waals surface area (Å²) in [5.74, 6) is 0.792. The number of hydrogen-bond acceptors (Lipinski definition) is 4. The summed E-state index contributed by atoms with van der Waals surface area (Å²) >= 11 is 0. The highest BCUT2D eigenvalue weighted by Gasteiger charge is 2.19. The van der Waals surface area contributed by atoms with Crippen LogP contribution in [-0.2, 0) is 0 Å². The lowest BCUT2D eigenvalue weighted by atomic mass is 9.93. The normalized spacial score (nSPS) is 14.0. The van der Waals surface area contributed by atoms with Gasteiger partial charge in [-0.1, -0.05) is 42.5 Å². The number of rotatable bonds is 2. The Hall–Kier alpha value is -3.27. The maximum atomic E-state index is 5.67. The van der Waals surface area contributed by atoms with Crippen molar-refractivity contribution >= 4 is 44.2 Å². The van der Waals surface area contributed by atoms with Crippen LogP contribution in [0.3, 0.4) is 0 Å². The number of ether oxygens (including phenoxy) is 1. The minimum Gasteiger partial charge on any atom is -0.494 e. The summed E-state index contributed by atoms with van der Waals surface area (Å²) in [5, 5.41) is 13.5. The number of allylic oxidation sites excluding steroid dienone is 1. The number of methoxy groups -OCH3 is 1. The van der Waals surface area contributed by atoms with E-state index in [-0.39, 0.29) is 0 Å². The Balaban J connectivity index is 1.96. The lowest BCUT2D eigenvalue weighted by Crippen LogP contribution is -2.31. The molecule has 0 fully saturated rings. The van der Waals surface area contributed by atoms with Crippen LogP contribution in [0.5, 0.6) is 5.75 Å². The van der Waals surface area contributed by atoms with Crippen LogP contribution >= 0.6 is 0 Å². The van der Waals surface area contributed by atoms with Gasteiger partial charge in [0.25, 0.3) is 0 Å². The molecule has 1 aliphatic heterocycles. The molecule has 5 rings (SSSR count). The van der Waals surface area contributed by atoms with E-state index in [4.69, 9.17) is 4.74 Å². The highest BCUT2D eigenvalue weighted by atomic mass is 16.5. The molecular weight excluding hydrogens is 298 g/mol. The molecule has 4 heteroatoms. The first-order valence-corrected chi connectivity index (χ1v) is 7.87. The lowest BCUT2D eigenvalue weighted by molar-refractivity contribution is 0.415. The van der Waals surface area contributed by atoms with E-state index in [9.17, 15) is 0 Å². The Kier molecular flexibility index (Phi) is 2.67.